The second kappa shape index (κ2) is 8.52. The highest BCUT2D eigenvalue weighted by Gasteiger charge is 2.84. The third-order valence-electron chi connectivity index (χ3n) is 13.4. The van der Waals surface area contributed by atoms with E-state index in [1.807, 2.05) is 0 Å². The van der Waals surface area contributed by atoms with Crippen molar-refractivity contribution in [2.75, 3.05) is 0 Å². The number of hydrogen-bond acceptors (Lipinski definition) is 12. The third-order valence-corrected chi connectivity index (χ3v) is 13.4. The van der Waals surface area contributed by atoms with E-state index in [9.17, 15) is 44.7 Å². The van der Waals surface area contributed by atoms with Crippen LogP contribution in [0.1, 0.15) is 48.0 Å². The van der Waals surface area contributed by atoms with Gasteiger partial charge in [-0.2, -0.15) is 0 Å². The molecule has 2 heterocycles. The predicted molar refractivity (Wildman–Crippen MR) is 142 cm³/mol. The molecule has 236 valence electrons. The van der Waals surface area contributed by atoms with Crippen LogP contribution in [-0.2, 0) is 33.4 Å². The first-order valence-electron chi connectivity index (χ1n) is 15.2. The lowest BCUT2D eigenvalue weighted by molar-refractivity contribution is -0.264. The van der Waals surface area contributed by atoms with Crippen LogP contribution >= 0.6 is 0 Å². The van der Waals surface area contributed by atoms with Gasteiger partial charge in [0, 0.05) is 41.9 Å². The Bertz CT molecular complexity index is 1370. The van der Waals surface area contributed by atoms with Crippen LogP contribution in [0.25, 0.3) is 0 Å². The summed E-state index contributed by atoms with van der Waals surface area (Å²) in [5, 5.41) is 60.0. The molecule has 6 fully saturated rings. The normalized spacial score (nSPS) is 59.4. The summed E-state index contributed by atoms with van der Waals surface area (Å²) in [6.45, 7) is 8.69. The number of aliphatic hydroxyl groups is 5. The highest BCUT2D eigenvalue weighted by Crippen LogP contribution is 2.75. The van der Waals surface area contributed by atoms with Crippen LogP contribution in [-0.4, -0.2) is 97.4 Å². The lowest BCUT2D eigenvalue weighted by atomic mass is 9.40. The number of carbonyl (C=O) groups is 4. The molecule has 0 spiro atoms. The van der Waals surface area contributed by atoms with Crippen molar-refractivity contribution in [3.63, 3.8) is 0 Å². The Morgan fingerprint density at radius 1 is 0.977 bits per heavy atom. The molecule has 2 aliphatic heterocycles. The minimum absolute atomic E-state index is 0.141. The standard InChI is InChI=1S/C31H40O12/c1-9-7-14-29(5,30(6,40)27(39)43-14)19-16(9)31(10(2)32)17(22(19)36)15-18(24(26(31)38)41-11(3)33)28(4)12(20(34)21(15)35)8-13-23(42-13)25(28)37/h7,9,12-13,15-19,21-26,35-38,40H,8H2,1-6H3/t9-,12?,13+,15+,16+,17-,18-,19+,21-,22-,23+,24+,25+,26+,28+,29+,30-,31-/m1/s1. The van der Waals surface area contributed by atoms with E-state index in [2.05, 4.69) is 0 Å². The zero-order valence-corrected chi connectivity index (χ0v) is 25.0. The van der Waals surface area contributed by atoms with Crippen LogP contribution in [0.4, 0.5) is 0 Å². The number of aliphatic hydroxyl groups excluding tert-OH is 4. The Morgan fingerprint density at radius 3 is 2.23 bits per heavy atom. The highest BCUT2D eigenvalue weighted by atomic mass is 16.6. The topological polar surface area (TPSA) is 200 Å². The monoisotopic (exact) mass is 604 g/mol. The average molecular weight is 605 g/mol. The molecule has 12 heteroatoms. The average Bonchev–Trinajstić information content (AvgIpc) is 3.60. The van der Waals surface area contributed by atoms with Crippen molar-refractivity contribution in [1.29, 1.82) is 0 Å². The molecule has 0 amide bonds. The van der Waals surface area contributed by atoms with Gasteiger partial charge in [0.05, 0.1) is 29.1 Å². The van der Waals surface area contributed by atoms with E-state index in [1.165, 1.54) is 13.8 Å². The fourth-order valence-electron chi connectivity index (χ4n) is 11.4. The summed E-state index contributed by atoms with van der Waals surface area (Å²) in [7, 11) is 0. The summed E-state index contributed by atoms with van der Waals surface area (Å²) in [6.07, 6.45) is -6.76. The molecule has 0 bridgehead atoms. The van der Waals surface area contributed by atoms with Crippen molar-refractivity contribution in [2.24, 2.45) is 57.7 Å². The molecule has 43 heavy (non-hydrogen) atoms. The van der Waals surface area contributed by atoms with Gasteiger partial charge in [-0.05, 0) is 45.1 Å². The van der Waals surface area contributed by atoms with Gasteiger partial charge in [0.2, 0.25) is 0 Å². The summed E-state index contributed by atoms with van der Waals surface area (Å²) in [5.74, 6) is -9.70. The van der Waals surface area contributed by atoms with Gasteiger partial charge < -0.3 is 39.7 Å². The third kappa shape index (κ3) is 3.03. The SMILES string of the molecule is CC(=O)O[C@H]1[C@H]2[C@H]([C@@H]3[C@@H](O)[C@@H]4[C@H]([C@H](C)C=C5OC(=O)[C@@](C)(O)[C@@]54C)[C@@]3(C(C)=O)[C@H]1O)[C@@H](O)C(=O)C1C[C@@H]3O[C@@H]3[C@H](O)[C@@]12C. The van der Waals surface area contributed by atoms with Crippen LogP contribution in [0, 0.1) is 57.7 Å². The highest BCUT2D eigenvalue weighted by molar-refractivity contribution is 5.90. The van der Waals surface area contributed by atoms with Gasteiger partial charge in [-0.25, -0.2) is 4.79 Å². The molecule has 4 saturated carbocycles. The molecule has 7 aliphatic rings. The molecule has 1 unspecified atom stereocenters. The number of hydrogen-bond donors (Lipinski definition) is 5. The fraction of sp³-hybridized carbons (Fsp3) is 0.806. The quantitative estimate of drug-likeness (QED) is 0.196. The maximum atomic E-state index is 14.1. The van der Waals surface area contributed by atoms with Gasteiger partial charge in [0.15, 0.2) is 11.4 Å². The van der Waals surface area contributed by atoms with Crippen molar-refractivity contribution < 1.29 is 58.9 Å². The van der Waals surface area contributed by atoms with Crippen molar-refractivity contribution in [3.05, 3.63) is 11.8 Å². The molecule has 2 saturated heterocycles. The molecular weight excluding hydrogens is 564 g/mol. The molecule has 5 N–H and O–H groups in total. The molecule has 7 rings (SSSR count). The number of ether oxygens (including phenoxy) is 3. The second-order valence-corrected chi connectivity index (χ2v) is 14.8. The number of Topliss-reactive ketones (excluding diaryl/α,β-unsaturated/α-hetero) is 2. The van der Waals surface area contributed by atoms with E-state index in [1.54, 1.807) is 26.8 Å². The maximum absolute atomic E-state index is 14.1. The molecule has 0 aromatic heterocycles. The van der Waals surface area contributed by atoms with Crippen LogP contribution in [0.3, 0.4) is 0 Å². The van der Waals surface area contributed by atoms with Gasteiger partial charge >= 0.3 is 11.9 Å². The summed E-state index contributed by atoms with van der Waals surface area (Å²) in [4.78, 5) is 53.7. The smallest absolute Gasteiger partial charge is 0.343 e. The van der Waals surface area contributed by atoms with Gasteiger partial charge in [-0.1, -0.05) is 13.8 Å². The summed E-state index contributed by atoms with van der Waals surface area (Å²) >= 11 is 0. The van der Waals surface area contributed by atoms with Gasteiger partial charge in [0.25, 0.3) is 0 Å². The van der Waals surface area contributed by atoms with Crippen LogP contribution in [0.2, 0.25) is 0 Å². The van der Waals surface area contributed by atoms with Crippen molar-refractivity contribution in [1.82, 2.24) is 0 Å². The minimum atomic E-state index is -2.12. The van der Waals surface area contributed by atoms with E-state index >= 15 is 0 Å². The fourth-order valence-corrected chi connectivity index (χ4v) is 11.4. The van der Waals surface area contributed by atoms with Crippen molar-refractivity contribution in [2.45, 2.75) is 96.3 Å². The Morgan fingerprint density at radius 2 is 1.63 bits per heavy atom. The minimum Gasteiger partial charge on any atom is -0.459 e. The zero-order chi connectivity index (χ0) is 31.5. The summed E-state index contributed by atoms with van der Waals surface area (Å²) < 4.78 is 17.0. The van der Waals surface area contributed by atoms with Crippen molar-refractivity contribution in [3.8, 4) is 0 Å². The Kier molecular flexibility index (Phi) is 5.85. The molecule has 0 radical (unpaired) electrons. The molecule has 12 nitrogen and oxygen atoms in total. The largest absolute Gasteiger partial charge is 0.459 e. The summed E-state index contributed by atoms with van der Waals surface area (Å²) in [5.41, 5.74) is -6.89. The van der Waals surface area contributed by atoms with Gasteiger partial charge in [-0.15, -0.1) is 0 Å². The van der Waals surface area contributed by atoms with Gasteiger partial charge in [0.1, 0.15) is 36.0 Å². The first-order chi connectivity index (χ1) is 19.9. The molecular formula is C31H40O12. The number of epoxide rings is 1. The second-order valence-electron chi connectivity index (χ2n) is 14.8. The van der Waals surface area contributed by atoms with Crippen molar-refractivity contribution >= 4 is 23.5 Å². The molecule has 5 aliphatic carbocycles. The number of esters is 2. The Hall–Kier alpha value is -2.22. The number of rotatable bonds is 2. The van der Waals surface area contributed by atoms with Gasteiger partial charge in [-0.3, -0.25) is 14.4 Å². The maximum Gasteiger partial charge on any atom is 0.343 e. The number of allylic oxidation sites excluding steroid dienone is 1. The molecule has 0 aromatic carbocycles. The van der Waals surface area contributed by atoms with E-state index in [-0.39, 0.29) is 18.3 Å². The lowest BCUT2D eigenvalue weighted by Gasteiger charge is -2.64. The van der Waals surface area contributed by atoms with Crippen LogP contribution < -0.4 is 0 Å². The van der Waals surface area contributed by atoms with E-state index in [0.717, 1.165) is 6.92 Å². The van der Waals surface area contributed by atoms with Crippen LogP contribution in [0.5, 0.6) is 0 Å². The summed E-state index contributed by atoms with van der Waals surface area (Å²) in [6, 6.07) is 0. The van der Waals surface area contributed by atoms with E-state index in [0.29, 0.717) is 0 Å². The predicted octanol–water partition coefficient (Wildman–Crippen LogP) is -0.731. The molecule has 18 atom stereocenters. The first kappa shape index (κ1) is 29.5. The Labute approximate surface area is 248 Å². The zero-order valence-electron chi connectivity index (χ0n) is 25.0. The first-order valence-corrected chi connectivity index (χ1v) is 15.2. The van der Waals surface area contributed by atoms with E-state index < -0.39 is 123 Å². The molecule has 0 aromatic rings. The number of carbonyl (C=O) groups excluding carboxylic acids is 4. The van der Waals surface area contributed by atoms with Crippen LogP contribution in [0.15, 0.2) is 11.8 Å². The lowest BCUT2D eigenvalue weighted by Crippen LogP contribution is -2.75. The number of ketones is 2. The Balaban J connectivity index is 1.50. The van der Waals surface area contributed by atoms with E-state index in [4.69, 9.17) is 14.2 Å². The number of fused-ring (bicyclic) bond motifs is 10.